The van der Waals surface area contributed by atoms with Crippen molar-refractivity contribution in [2.24, 2.45) is 5.92 Å². The van der Waals surface area contributed by atoms with Crippen LogP contribution in [0.5, 0.6) is 0 Å². The molecule has 2 atom stereocenters. The molecule has 0 amide bonds. The first-order chi connectivity index (χ1) is 6.97. The first-order valence-corrected chi connectivity index (χ1v) is 5.97. The number of nitrogens with one attached hydrogen (secondary N) is 1. The Labute approximate surface area is 93.2 Å². The van der Waals surface area contributed by atoms with Crippen LogP contribution in [0.1, 0.15) is 40.5 Å². The third-order valence-corrected chi connectivity index (χ3v) is 3.08. The average Bonchev–Trinajstić information content (AvgIpc) is 2.98. The fourth-order valence-electron chi connectivity index (χ4n) is 1.36. The van der Waals surface area contributed by atoms with E-state index in [-0.39, 0.29) is 18.2 Å². The lowest BCUT2D eigenvalue weighted by Gasteiger charge is -2.31. The van der Waals surface area contributed by atoms with Gasteiger partial charge in [0, 0.05) is 6.04 Å². The molecule has 2 N–H and O–H groups in total. The van der Waals surface area contributed by atoms with E-state index in [0.29, 0.717) is 18.6 Å². The highest BCUT2D eigenvalue weighted by atomic mass is 16.5. The molecule has 1 aliphatic rings. The van der Waals surface area contributed by atoms with Crippen LogP contribution in [0, 0.1) is 5.92 Å². The van der Waals surface area contributed by atoms with E-state index in [1.807, 2.05) is 6.92 Å². The predicted octanol–water partition coefficient (Wildman–Crippen LogP) is 1.55. The summed E-state index contributed by atoms with van der Waals surface area (Å²) in [6, 6.07) is 0.597. The van der Waals surface area contributed by atoms with E-state index in [1.165, 1.54) is 12.8 Å². The van der Waals surface area contributed by atoms with E-state index >= 15 is 0 Å². The summed E-state index contributed by atoms with van der Waals surface area (Å²) in [5, 5.41) is 12.8. The number of ether oxygens (including phenoxy) is 1. The van der Waals surface area contributed by atoms with Gasteiger partial charge in [-0.3, -0.25) is 0 Å². The third kappa shape index (κ3) is 4.49. The quantitative estimate of drug-likeness (QED) is 0.677. The molecule has 0 radical (unpaired) electrons. The summed E-state index contributed by atoms with van der Waals surface area (Å²) in [5.41, 5.74) is -0.273. The van der Waals surface area contributed by atoms with Gasteiger partial charge in [-0.2, -0.15) is 0 Å². The minimum atomic E-state index is -0.273. The molecule has 0 spiro atoms. The number of hydrogen-bond acceptors (Lipinski definition) is 3. The highest BCUT2D eigenvalue weighted by Crippen LogP contribution is 2.23. The van der Waals surface area contributed by atoms with Gasteiger partial charge in [0.1, 0.15) is 0 Å². The lowest BCUT2D eigenvalue weighted by atomic mass is 10.0. The zero-order valence-corrected chi connectivity index (χ0v) is 10.4. The number of rotatable bonds is 7. The summed E-state index contributed by atoms with van der Waals surface area (Å²) in [5.74, 6) is 0.522. The summed E-state index contributed by atoms with van der Waals surface area (Å²) in [6.45, 7) is 9.12. The van der Waals surface area contributed by atoms with Crippen molar-refractivity contribution in [2.75, 3.05) is 13.2 Å². The second-order valence-electron chi connectivity index (χ2n) is 5.40. The minimum Gasteiger partial charge on any atom is -0.394 e. The zero-order valence-electron chi connectivity index (χ0n) is 10.4. The summed E-state index contributed by atoms with van der Waals surface area (Å²) >= 11 is 0. The van der Waals surface area contributed by atoms with Gasteiger partial charge in [0.15, 0.2) is 0 Å². The summed E-state index contributed by atoms with van der Waals surface area (Å²) in [4.78, 5) is 0. The molecule has 0 aromatic heterocycles. The maximum Gasteiger partial charge on any atom is 0.0671 e. The van der Waals surface area contributed by atoms with Crippen LogP contribution in [0.2, 0.25) is 0 Å². The van der Waals surface area contributed by atoms with Crippen molar-refractivity contribution in [3.05, 3.63) is 0 Å². The maximum atomic E-state index is 9.37. The molecule has 15 heavy (non-hydrogen) atoms. The second-order valence-corrected chi connectivity index (χ2v) is 5.40. The molecule has 0 aromatic carbocycles. The largest absolute Gasteiger partial charge is 0.394 e. The van der Waals surface area contributed by atoms with Gasteiger partial charge in [0.2, 0.25) is 0 Å². The van der Waals surface area contributed by atoms with Gasteiger partial charge < -0.3 is 15.2 Å². The van der Waals surface area contributed by atoms with Gasteiger partial charge >= 0.3 is 0 Å². The minimum absolute atomic E-state index is 0.133. The van der Waals surface area contributed by atoms with E-state index in [1.54, 1.807) is 0 Å². The molecule has 1 aliphatic carbocycles. The van der Waals surface area contributed by atoms with Gasteiger partial charge in [-0.05, 0) is 32.6 Å². The Morgan fingerprint density at radius 1 is 1.40 bits per heavy atom. The molecular formula is C12H25NO2. The Morgan fingerprint density at radius 2 is 2.00 bits per heavy atom. The normalized spacial score (nSPS) is 22.8. The van der Waals surface area contributed by atoms with E-state index < -0.39 is 0 Å². The summed E-state index contributed by atoms with van der Waals surface area (Å²) < 4.78 is 5.77. The highest BCUT2D eigenvalue weighted by Gasteiger charge is 2.32. The van der Waals surface area contributed by atoms with Crippen LogP contribution >= 0.6 is 0 Å². The van der Waals surface area contributed by atoms with Crippen molar-refractivity contribution in [1.29, 1.82) is 0 Å². The third-order valence-electron chi connectivity index (χ3n) is 3.08. The van der Waals surface area contributed by atoms with Crippen LogP contribution in [0.4, 0.5) is 0 Å². The smallest absolute Gasteiger partial charge is 0.0671 e. The van der Waals surface area contributed by atoms with Crippen LogP contribution in [-0.4, -0.2) is 36.0 Å². The van der Waals surface area contributed by atoms with E-state index in [0.717, 1.165) is 0 Å². The average molecular weight is 215 g/mol. The Hall–Kier alpha value is -0.120. The molecule has 3 heteroatoms. The number of hydrogen-bond donors (Lipinski definition) is 2. The van der Waals surface area contributed by atoms with Gasteiger partial charge in [-0.1, -0.05) is 13.8 Å². The molecule has 0 aliphatic heterocycles. The Kier molecular flexibility index (Phi) is 4.56. The lowest BCUT2D eigenvalue weighted by molar-refractivity contribution is -0.0154. The van der Waals surface area contributed by atoms with Gasteiger partial charge in [-0.15, -0.1) is 0 Å². The molecule has 0 heterocycles. The van der Waals surface area contributed by atoms with Gasteiger partial charge in [0.25, 0.3) is 0 Å². The predicted molar refractivity (Wildman–Crippen MR) is 61.9 cm³/mol. The summed E-state index contributed by atoms with van der Waals surface area (Å²) in [7, 11) is 0. The molecule has 0 bridgehead atoms. The zero-order chi connectivity index (χ0) is 11.5. The van der Waals surface area contributed by atoms with Crippen LogP contribution in [0.25, 0.3) is 0 Å². The lowest BCUT2D eigenvalue weighted by Crippen LogP contribution is -2.51. The fraction of sp³-hybridized carbons (Fsp3) is 1.00. The van der Waals surface area contributed by atoms with E-state index in [2.05, 4.69) is 26.1 Å². The standard InChI is InChI=1S/C12H25NO2/c1-9(2)10(3)15-8-12(4,7-14)13-11-5-6-11/h9-11,13-14H,5-8H2,1-4H3. The Balaban J connectivity index is 2.30. The molecule has 1 saturated carbocycles. The van der Waals surface area contributed by atoms with Crippen LogP contribution in [-0.2, 0) is 4.74 Å². The van der Waals surface area contributed by atoms with Crippen LogP contribution in [0.3, 0.4) is 0 Å². The first-order valence-electron chi connectivity index (χ1n) is 5.97. The van der Waals surface area contributed by atoms with Crippen LogP contribution < -0.4 is 5.32 Å². The topological polar surface area (TPSA) is 41.5 Å². The monoisotopic (exact) mass is 215 g/mol. The van der Waals surface area contributed by atoms with Gasteiger partial charge in [-0.25, -0.2) is 0 Å². The van der Waals surface area contributed by atoms with Crippen molar-refractivity contribution in [1.82, 2.24) is 5.32 Å². The molecule has 1 fully saturated rings. The molecular weight excluding hydrogens is 190 g/mol. The Bertz CT molecular complexity index is 192. The van der Waals surface area contributed by atoms with E-state index in [4.69, 9.17) is 4.74 Å². The number of aliphatic hydroxyl groups excluding tert-OH is 1. The maximum absolute atomic E-state index is 9.37. The van der Waals surface area contributed by atoms with E-state index in [9.17, 15) is 5.11 Å². The van der Waals surface area contributed by atoms with Crippen LogP contribution in [0.15, 0.2) is 0 Å². The highest BCUT2D eigenvalue weighted by molar-refractivity contribution is 4.92. The second kappa shape index (κ2) is 5.28. The Morgan fingerprint density at radius 3 is 2.40 bits per heavy atom. The van der Waals surface area contributed by atoms with Crippen molar-refractivity contribution in [3.63, 3.8) is 0 Å². The van der Waals surface area contributed by atoms with Crippen molar-refractivity contribution in [2.45, 2.75) is 58.2 Å². The van der Waals surface area contributed by atoms with Crippen molar-refractivity contribution >= 4 is 0 Å². The molecule has 3 nitrogen and oxygen atoms in total. The molecule has 2 unspecified atom stereocenters. The SMILES string of the molecule is CC(C)C(C)OCC(C)(CO)NC1CC1. The van der Waals surface area contributed by atoms with Gasteiger partial charge in [0.05, 0.1) is 24.9 Å². The molecule has 0 saturated heterocycles. The van der Waals surface area contributed by atoms with Crippen molar-refractivity contribution in [3.8, 4) is 0 Å². The molecule has 90 valence electrons. The summed E-state index contributed by atoms with van der Waals surface area (Å²) in [6.07, 6.45) is 2.71. The van der Waals surface area contributed by atoms with Crippen molar-refractivity contribution < 1.29 is 9.84 Å². The fourth-order valence-corrected chi connectivity index (χ4v) is 1.36. The first kappa shape index (κ1) is 12.9. The molecule has 0 aromatic rings. The molecule has 1 rings (SSSR count). The number of aliphatic hydroxyl groups is 1.